The number of hydrogen-bond acceptors (Lipinski definition) is 4. The number of carbonyl (C=O) groups excluding carboxylic acids is 2. The number of aromatic nitrogens is 1. The fourth-order valence-corrected chi connectivity index (χ4v) is 3.13. The molecule has 0 fully saturated rings. The van der Waals surface area contributed by atoms with Crippen molar-refractivity contribution in [2.75, 3.05) is 5.32 Å². The van der Waals surface area contributed by atoms with Crippen LogP contribution >= 0.6 is 11.3 Å². The Bertz CT molecular complexity index is 696. The van der Waals surface area contributed by atoms with E-state index in [1.165, 1.54) is 11.3 Å². The highest BCUT2D eigenvalue weighted by molar-refractivity contribution is 7.09. The standard InChI is InChI=1S/C15H15N3O2S/c1-9-8-21-14(17-9)7-16-15(20)11-6-13(19)18-12-5-3-2-4-10(11)12/h2-5,8,11H,6-7H2,1H3,(H,16,20)(H,18,19)/t11-/m0/s1. The topological polar surface area (TPSA) is 71.1 Å². The van der Waals surface area contributed by atoms with E-state index in [2.05, 4.69) is 15.6 Å². The average Bonchev–Trinajstić information content (AvgIpc) is 2.89. The number of nitrogens with zero attached hydrogens (tertiary/aromatic N) is 1. The zero-order chi connectivity index (χ0) is 14.8. The predicted octanol–water partition coefficient (Wildman–Crippen LogP) is 2.19. The normalized spacial score (nSPS) is 17.0. The molecule has 108 valence electrons. The second-order valence-corrected chi connectivity index (χ2v) is 5.94. The molecule has 0 saturated heterocycles. The summed E-state index contributed by atoms with van der Waals surface area (Å²) < 4.78 is 0. The monoisotopic (exact) mass is 301 g/mol. The second kappa shape index (κ2) is 5.65. The Morgan fingerprint density at radius 3 is 3.05 bits per heavy atom. The van der Waals surface area contributed by atoms with Gasteiger partial charge in [-0.3, -0.25) is 9.59 Å². The number of thiazole rings is 1. The van der Waals surface area contributed by atoms with E-state index in [-0.39, 0.29) is 18.2 Å². The summed E-state index contributed by atoms with van der Waals surface area (Å²) in [5, 5.41) is 8.48. The van der Waals surface area contributed by atoms with E-state index in [9.17, 15) is 9.59 Å². The third-order valence-corrected chi connectivity index (χ3v) is 4.36. The van der Waals surface area contributed by atoms with Crippen molar-refractivity contribution in [1.82, 2.24) is 10.3 Å². The molecular formula is C15H15N3O2S. The molecule has 0 saturated carbocycles. The Morgan fingerprint density at radius 1 is 1.48 bits per heavy atom. The molecule has 2 aromatic rings. The van der Waals surface area contributed by atoms with Crippen molar-refractivity contribution in [2.45, 2.75) is 25.8 Å². The Hall–Kier alpha value is -2.21. The molecule has 1 aliphatic rings. The molecule has 0 bridgehead atoms. The average molecular weight is 301 g/mol. The minimum atomic E-state index is -0.434. The number of para-hydroxylation sites is 1. The number of aryl methyl sites for hydroxylation is 1. The van der Waals surface area contributed by atoms with Gasteiger partial charge in [-0.1, -0.05) is 18.2 Å². The maximum atomic E-state index is 12.4. The Kier molecular flexibility index (Phi) is 3.70. The fourth-order valence-electron chi connectivity index (χ4n) is 2.42. The molecule has 2 amide bonds. The van der Waals surface area contributed by atoms with Crippen LogP contribution in [-0.4, -0.2) is 16.8 Å². The number of benzene rings is 1. The lowest BCUT2D eigenvalue weighted by atomic mass is 9.90. The summed E-state index contributed by atoms with van der Waals surface area (Å²) in [7, 11) is 0. The fraction of sp³-hybridized carbons (Fsp3) is 0.267. The van der Waals surface area contributed by atoms with Crippen LogP contribution in [-0.2, 0) is 16.1 Å². The summed E-state index contributed by atoms with van der Waals surface area (Å²) in [5.74, 6) is -0.694. The maximum absolute atomic E-state index is 12.4. The smallest absolute Gasteiger partial charge is 0.228 e. The molecule has 21 heavy (non-hydrogen) atoms. The lowest BCUT2D eigenvalue weighted by Crippen LogP contribution is -2.34. The van der Waals surface area contributed by atoms with Crippen molar-refractivity contribution in [3.8, 4) is 0 Å². The van der Waals surface area contributed by atoms with Crippen molar-refractivity contribution >= 4 is 28.8 Å². The first-order valence-corrected chi connectivity index (χ1v) is 7.59. The molecule has 2 N–H and O–H groups in total. The molecule has 1 aliphatic heterocycles. The number of carbonyl (C=O) groups is 2. The van der Waals surface area contributed by atoms with E-state index in [4.69, 9.17) is 0 Å². The first-order chi connectivity index (χ1) is 10.1. The molecule has 1 aromatic heterocycles. The van der Waals surface area contributed by atoms with Gasteiger partial charge >= 0.3 is 0 Å². The van der Waals surface area contributed by atoms with E-state index >= 15 is 0 Å². The van der Waals surface area contributed by atoms with E-state index in [1.54, 1.807) is 0 Å². The number of nitrogens with one attached hydrogen (secondary N) is 2. The Balaban J connectivity index is 1.74. The summed E-state index contributed by atoms with van der Waals surface area (Å²) >= 11 is 1.52. The molecule has 6 heteroatoms. The molecule has 3 rings (SSSR count). The molecule has 0 spiro atoms. The van der Waals surface area contributed by atoms with Crippen molar-refractivity contribution in [3.05, 3.63) is 45.9 Å². The highest BCUT2D eigenvalue weighted by atomic mass is 32.1. The van der Waals surface area contributed by atoms with Gasteiger partial charge in [0.2, 0.25) is 11.8 Å². The molecular weight excluding hydrogens is 286 g/mol. The van der Waals surface area contributed by atoms with Crippen molar-refractivity contribution in [1.29, 1.82) is 0 Å². The van der Waals surface area contributed by atoms with Gasteiger partial charge < -0.3 is 10.6 Å². The number of fused-ring (bicyclic) bond motifs is 1. The lowest BCUT2D eigenvalue weighted by Gasteiger charge is -2.24. The molecule has 1 aromatic carbocycles. The summed E-state index contributed by atoms with van der Waals surface area (Å²) in [5.41, 5.74) is 2.54. The maximum Gasteiger partial charge on any atom is 0.228 e. The van der Waals surface area contributed by atoms with Crippen molar-refractivity contribution in [2.24, 2.45) is 0 Å². The molecule has 5 nitrogen and oxygen atoms in total. The van der Waals surface area contributed by atoms with E-state index in [0.29, 0.717) is 6.54 Å². The Morgan fingerprint density at radius 2 is 2.29 bits per heavy atom. The lowest BCUT2D eigenvalue weighted by molar-refractivity contribution is -0.126. The number of hydrogen-bond donors (Lipinski definition) is 2. The first kappa shape index (κ1) is 13.8. The number of rotatable bonds is 3. The van der Waals surface area contributed by atoms with Gasteiger partial charge in [0, 0.05) is 23.2 Å². The summed E-state index contributed by atoms with van der Waals surface area (Å²) in [4.78, 5) is 28.4. The van der Waals surface area contributed by atoms with Gasteiger partial charge in [-0.2, -0.15) is 0 Å². The van der Waals surface area contributed by atoms with Gasteiger partial charge in [-0.05, 0) is 18.6 Å². The first-order valence-electron chi connectivity index (χ1n) is 6.71. The highest BCUT2D eigenvalue weighted by Crippen LogP contribution is 2.32. The quantitative estimate of drug-likeness (QED) is 0.913. The Labute approximate surface area is 126 Å². The van der Waals surface area contributed by atoms with Crippen LogP contribution < -0.4 is 10.6 Å². The largest absolute Gasteiger partial charge is 0.349 e. The predicted molar refractivity (Wildman–Crippen MR) is 81.1 cm³/mol. The number of anilines is 1. The van der Waals surface area contributed by atoms with Crippen LogP contribution in [0, 0.1) is 6.92 Å². The highest BCUT2D eigenvalue weighted by Gasteiger charge is 2.30. The van der Waals surface area contributed by atoms with Crippen LogP contribution in [0.3, 0.4) is 0 Å². The molecule has 1 atom stereocenters. The van der Waals surface area contributed by atoms with Crippen LogP contribution in [0.25, 0.3) is 0 Å². The van der Waals surface area contributed by atoms with Crippen LogP contribution in [0.4, 0.5) is 5.69 Å². The third-order valence-electron chi connectivity index (χ3n) is 3.40. The van der Waals surface area contributed by atoms with Crippen LogP contribution in [0.15, 0.2) is 29.6 Å². The zero-order valence-corrected chi connectivity index (χ0v) is 12.4. The van der Waals surface area contributed by atoms with E-state index in [1.807, 2.05) is 36.6 Å². The van der Waals surface area contributed by atoms with Crippen molar-refractivity contribution < 1.29 is 9.59 Å². The summed E-state index contributed by atoms with van der Waals surface area (Å²) in [6.45, 7) is 2.32. The van der Waals surface area contributed by atoms with Gasteiger partial charge in [-0.15, -0.1) is 11.3 Å². The zero-order valence-electron chi connectivity index (χ0n) is 11.6. The second-order valence-electron chi connectivity index (χ2n) is 4.99. The minimum absolute atomic E-state index is 0.126. The number of amides is 2. The van der Waals surface area contributed by atoms with Gasteiger partial charge in [0.25, 0.3) is 0 Å². The molecule has 0 unspecified atom stereocenters. The van der Waals surface area contributed by atoms with Crippen molar-refractivity contribution in [3.63, 3.8) is 0 Å². The van der Waals surface area contributed by atoms with Crippen LogP contribution in [0.5, 0.6) is 0 Å². The van der Waals surface area contributed by atoms with Gasteiger partial charge in [-0.25, -0.2) is 4.98 Å². The van der Waals surface area contributed by atoms with E-state index in [0.717, 1.165) is 22.0 Å². The van der Waals surface area contributed by atoms with E-state index < -0.39 is 5.92 Å². The van der Waals surface area contributed by atoms with Gasteiger partial charge in [0.15, 0.2) is 0 Å². The van der Waals surface area contributed by atoms with Gasteiger partial charge in [0.05, 0.1) is 12.5 Å². The SMILES string of the molecule is Cc1csc(CNC(=O)[C@H]2CC(=O)Nc3ccccc32)n1. The van der Waals surface area contributed by atoms with Crippen LogP contribution in [0.2, 0.25) is 0 Å². The van der Waals surface area contributed by atoms with Gasteiger partial charge in [0.1, 0.15) is 5.01 Å². The summed E-state index contributed by atoms with van der Waals surface area (Å²) in [6.07, 6.45) is 0.180. The molecule has 2 heterocycles. The third kappa shape index (κ3) is 2.95. The molecule has 0 aliphatic carbocycles. The minimum Gasteiger partial charge on any atom is -0.349 e. The van der Waals surface area contributed by atoms with Crippen LogP contribution in [0.1, 0.15) is 28.6 Å². The molecule has 0 radical (unpaired) electrons. The summed E-state index contributed by atoms with van der Waals surface area (Å²) in [6, 6.07) is 7.42.